The van der Waals surface area contributed by atoms with Crippen LogP contribution in [0.15, 0.2) is 0 Å². The summed E-state index contributed by atoms with van der Waals surface area (Å²) in [6, 6.07) is 0. The lowest BCUT2D eigenvalue weighted by atomic mass is 9.95. The van der Waals surface area contributed by atoms with Crippen LogP contribution >= 0.6 is 0 Å². The lowest BCUT2D eigenvalue weighted by Crippen LogP contribution is -2.00. The Hall–Kier alpha value is -0.990. The molecule has 0 aliphatic carbocycles. The van der Waals surface area contributed by atoms with Gasteiger partial charge < -0.3 is 5.73 Å². The van der Waals surface area contributed by atoms with Crippen molar-refractivity contribution in [1.82, 2.24) is 10.2 Å². The maximum Gasteiger partial charge on any atom is 0.148 e. The minimum absolute atomic E-state index is 0.583. The van der Waals surface area contributed by atoms with E-state index >= 15 is 0 Å². The van der Waals surface area contributed by atoms with Crippen LogP contribution in [0.1, 0.15) is 50.8 Å². The highest BCUT2D eigenvalue weighted by Crippen LogP contribution is 2.27. The molecule has 3 N–H and O–H groups in total. The fraction of sp³-hybridized carbons (Fsp3) is 0.700. The number of nitrogens with zero attached hydrogens (tertiary/aromatic N) is 1. The molecule has 0 radical (unpaired) electrons. The Balaban J connectivity index is 2.98. The molecule has 13 heavy (non-hydrogen) atoms. The fourth-order valence-corrected chi connectivity index (χ4v) is 1.80. The Morgan fingerprint density at radius 2 is 1.92 bits per heavy atom. The minimum atomic E-state index is 0.583. The van der Waals surface area contributed by atoms with E-state index in [9.17, 15) is 0 Å². The third kappa shape index (κ3) is 1.85. The number of H-pyrrole nitrogens is 1. The number of aromatic amines is 1. The maximum absolute atomic E-state index is 5.76. The van der Waals surface area contributed by atoms with Gasteiger partial charge in [0.15, 0.2) is 0 Å². The molecule has 0 atom stereocenters. The van der Waals surface area contributed by atoms with Gasteiger partial charge in [0, 0.05) is 17.2 Å². The van der Waals surface area contributed by atoms with Crippen LogP contribution in [0.25, 0.3) is 0 Å². The van der Waals surface area contributed by atoms with Crippen molar-refractivity contribution >= 4 is 5.82 Å². The highest BCUT2D eigenvalue weighted by atomic mass is 15.2. The summed E-state index contributed by atoms with van der Waals surface area (Å²) in [5.74, 6) is 1.25. The van der Waals surface area contributed by atoms with Gasteiger partial charge in [-0.3, -0.25) is 5.10 Å². The molecule has 0 saturated heterocycles. The first-order valence-electron chi connectivity index (χ1n) is 5.07. The van der Waals surface area contributed by atoms with Crippen molar-refractivity contribution < 1.29 is 0 Å². The number of nitrogens with two attached hydrogens (primary N) is 1. The average Bonchev–Trinajstić information content (AvgIpc) is 2.50. The van der Waals surface area contributed by atoms with Crippen LogP contribution in [-0.4, -0.2) is 10.2 Å². The Morgan fingerprint density at radius 1 is 1.31 bits per heavy atom. The molecule has 1 heterocycles. The smallest absolute Gasteiger partial charge is 0.148 e. The molecule has 3 nitrogen and oxygen atoms in total. The summed E-state index contributed by atoms with van der Waals surface area (Å²) in [7, 11) is 0. The predicted molar refractivity (Wildman–Crippen MR) is 55.7 cm³/mol. The van der Waals surface area contributed by atoms with Crippen LogP contribution in [0.5, 0.6) is 0 Å². The number of nitrogen functional groups attached to an aromatic ring is 1. The molecule has 74 valence electrons. The SMILES string of the molecule is CCc1c(N)n[nH]c1C(CC)CC. The molecule has 0 aliphatic heterocycles. The molecule has 1 aromatic heterocycles. The third-order valence-corrected chi connectivity index (χ3v) is 2.68. The van der Waals surface area contributed by atoms with Crippen molar-refractivity contribution in [2.45, 2.75) is 46.0 Å². The van der Waals surface area contributed by atoms with E-state index in [0.717, 1.165) is 19.3 Å². The van der Waals surface area contributed by atoms with Gasteiger partial charge in [0.25, 0.3) is 0 Å². The van der Waals surface area contributed by atoms with Gasteiger partial charge in [0.2, 0.25) is 0 Å². The Labute approximate surface area is 79.7 Å². The summed E-state index contributed by atoms with van der Waals surface area (Å²) in [4.78, 5) is 0. The second kappa shape index (κ2) is 4.30. The van der Waals surface area contributed by atoms with Crippen LogP contribution in [0, 0.1) is 0 Å². The second-order valence-corrected chi connectivity index (χ2v) is 3.37. The van der Waals surface area contributed by atoms with Gasteiger partial charge >= 0.3 is 0 Å². The zero-order valence-corrected chi connectivity index (χ0v) is 8.72. The summed E-state index contributed by atoms with van der Waals surface area (Å²) in [6.45, 7) is 6.52. The van der Waals surface area contributed by atoms with Crippen molar-refractivity contribution in [3.63, 3.8) is 0 Å². The third-order valence-electron chi connectivity index (χ3n) is 2.68. The van der Waals surface area contributed by atoms with Gasteiger partial charge in [-0.1, -0.05) is 20.8 Å². The van der Waals surface area contributed by atoms with E-state index in [1.165, 1.54) is 11.3 Å². The van der Waals surface area contributed by atoms with Gasteiger partial charge in [0.05, 0.1) is 0 Å². The molecular weight excluding hydrogens is 162 g/mol. The number of hydrogen-bond acceptors (Lipinski definition) is 2. The molecule has 3 heteroatoms. The normalized spacial score (nSPS) is 11.1. The molecule has 0 saturated carbocycles. The van der Waals surface area contributed by atoms with Crippen LogP contribution in [0.4, 0.5) is 5.82 Å². The average molecular weight is 181 g/mol. The standard InChI is InChI=1S/C10H19N3/c1-4-7(5-2)9-8(6-3)10(11)13-12-9/h7H,4-6H2,1-3H3,(H3,11,12,13). The highest BCUT2D eigenvalue weighted by molar-refractivity contribution is 5.43. The summed E-state index contributed by atoms with van der Waals surface area (Å²) < 4.78 is 0. The monoisotopic (exact) mass is 181 g/mol. The summed E-state index contributed by atoms with van der Waals surface area (Å²) >= 11 is 0. The lowest BCUT2D eigenvalue weighted by molar-refractivity contribution is 0.615. The second-order valence-electron chi connectivity index (χ2n) is 3.37. The Morgan fingerprint density at radius 3 is 2.38 bits per heavy atom. The van der Waals surface area contributed by atoms with Crippen LogP contribution in [-0.2, 0) is 6.42 Å². The van der Waals surface area contributed by atoms with Crippen molar-refractivity contribution in [2.24, 2.45) is 0 Å². The van der Waals surface area contributed by atoms with Crippen LogP contribution in [0.3, 0.4) is 0 Å². The molecule has 0 amide bonds. The Bertz CT molecular complexity index is 261. The van der Waals surface area contributed by atoms with Gasteiger partial charge in [-0.25, -0.2) is 0 Å². The van der Waals surface area contributed by atoms with Crippen molar-refractivity contribution in [1.29, 1.82) is 0 Å². The van der Waals surface area contributed by atoms with E-state index in [1.54, 1.807) is 0 Å². The van der Waals surface area contributed by atoms with Crippen molar-refractivity contribution in [3.05, 3.63) is 11.3 Å². The summed E-state index contributed by atoms with van der Waals surface area (Å²) in [5, 5.41) is 7.11. The molecule has 0 bridgehead atoms. The number of rotatable bonds is 4. The van der Waals surface area contributed by atoms with E-state index in [4.69, 9.17) is 5.73 Å². The van der Waals surface area contributed by atoms with E-state index in [1.807, 2.05) is 0 Å². The number of aromatic nitrogens is 2. The Kier molecular flexibility index (Phi) is 3.34. The highest BCUT2D eigenvalue weighted by Gasteiger charge is 2.15. The molecule has 0 fully saturated rings. The van der Waals surface area contributed by atoms with Crippen LogP contribution in [0.2, 0.25) is 0 Å². The maximum atomic E-state index is 5.76. The zero-order chi connectivity index (χ0) is 9.84. The quantitative estimate of drug-likeness (QED) is 0.749. The predicted octanol–water partition coefficient (Wildman–Crippen LogP) is 2.46. The molecule has 0 unspecified atom stereocenters. The molecule has 1 rings (SSSR count). The summed E-state index contributed by atoms with van der Waals surface area (Å²) in [6.07, 6.45) is 3.25. The molecule has 0 aromatic carbocycles. The molecule has 0 spiro atoms. The number of hydrogen-bond donors (Lipinski definition) is 2. The van der Waals surface area contributed by atoms with Crippen LogP contribution < -0.4 is 5.73 Å². The van der Waals surface area contributed by atoms with Gasteiger partial charge in [-0.05, 0) is 19.3 Å². The number of anilines is 1. The number of nitrogens with one attached hydrogen (secondary N) is 1. The van der Waals surface area contributed by atoms with E-state index in [2.05, 4.69) is 31.0 Å². The first kappa shape index (κ1) is 10.1. The largest absolute Gasteiger partial charge is 0.382 e. The van der Waals surface area contributed by atoms with E-state index < -0.39 is 0 Å². The van der Waals surface area contributed by atoms with Gasteiger partial charge in [-0.2, -0.15) is 5.10 Å². The zero-order valence-electron chi connectivity index (χ0n) is 8.72. The molecular formula is C10H19N3. The lowest BCUT2D eigenvalue weighted by Gasteiger charge is -2.11. The summed E-state index contributed by atoms with van der Waals surface area (Å²) in [5.41, 5.74) is 8.20. The minimum Gasteiger partial charge on any atom is -0.382 e. The van der Waals surface area contributed by atoms with Gasteiger partial charge in [0.1, 0.15) is 5.82 Å². The van der Waals surface area contributed by atoms with Crippen molar-refractivity contribution in [3.8, 4) is 0 Å². The fourth-order valence-electron chi connectivity index (χ4n) is 1.80. The first-order valence-corrected chi connectivity index (χ1v) is 5.07. The molecule has 1 aromatic rings. The first-order chi connectivity index (χ1) is 6.24. The van der Waals surface area contributed by atoms with Crippen molar-refractivity contribution in [2.75, 3.05) is 5.73 Å². The molecule has 0 aliphatic rings. The topological polar surface area (TPSA) is 54.7 Å². The van der Waals surface area contributed by atoms with Gasteiger partial charge in [-0.15, -0.1) is 0 Å². The van der Waals surface area contributed by atoms with E-state index in [-0.39, 0.29) is 0 Å². The van der Waals surface area contributed by atoms with E-state index in [0.29, 0.717) is 11.7 Å².